The average molecular weight is 790 g/mol. The number of unbranched alkanes of at least 4 members (excludes halogenated alkanes) is 15. The zero-order chi connectivity index (χ0) is 37.2. The summed E-state index contributed by atoms with van der Waals surface area (Å²) in [5, 5.41) is 0. The first-order valence-corrected chi connectivity index (χ1v) is 23.1. The Morgan fingerprint density at radius 1 is 0.577 bits per heavy atom. The molecule has 0 amide bonds. The van der Waals surface area contributed by atoms with Crippen LogP contribution in [0, 0.1) is 0 Å². The van der Waals surface area contributed by atoms with E-state index >= 15 is 0 Å². The van der Waals surface area contributed by atoms with Gasteiger partial charge in [0.2, 0.25) is 0 Å². The lowest BCUT2D eigenvalue weighted by atomic mass is 9.68. The highest BCUT2D eigenvalue weighted by Crippen LogP contribution is 2.55. The minimum Gasteiger partial charge on any atom is -0.399 e. The van der Waals surface area contributed by atoms with Crippen molar-refractivity contribution in [3.05, 3.63) is 62.9 Å². The maximum absolute atomic E-state index is 6.65. The maximum Gasteiger partial charge on any atom is 0.494 e. The number of rotatable bonds is 23. The molecule has 1 aliphatic carbocycles. The van der Waals surface area contributed by atoms with Crippen molar-refractivity contribution >= 4 is 39.8 Å². The highest BCUT2D eigenvalue weighted by Gasteiger charge is 2.52. The second kappa shape index (κ2) is 19.5. The second-order valence-corrected chi connectivity index (χ2v) is 19.6. The molecule has 1 saturated heterocycles. The molecule has 0 atom stereocenters. The van der Waals surface area contributed by atoms with E-state index in [0.29, 0.717) is 0 Å². The molecule has 3 aromatic rings. The summed E-state index contributed by atoms with van der Waals surface area (Å²) in [6, 6.07) is 17.2. The Kier molecular flexibility index (Phi) is 15.6. The monoisotopic (exact) mass is 788 g/mol. The van der Waals surface area contributed by atoms with Crippen LogP contribution in [0.3, 0.4) is 0 Å². The van der Waals surface area contributed by atoms with Crippen molar-refractivity contribution < 1.29 is 9.31 Å². The Hall–Kier alpha value is -1.40. The molecule has 0 spiro atoms. The van der Waals surface area contributed by atoms with Gasteiger partial charge in [0, 0.05) is 10.3 Å². The first-order chi connectivity index (χ1) is 25.1. The van der Waals surface area contributed by atoms with Crippen molar-refractivity contribution in [3.8, 4) is 21.6 Å². The van der Waals surface area contributed by atoms with E-state index in [1.54, 1.807) is 5.56 Å². The van der Waals surface area contributed by atoms with Crippen LogP contribution in [0.4, 0.5) is 0 Å². The van der Waals surface area contributed by atoms with Gasteiger partial charge in [-0.05, 0) is 120 Å². The van der Waals surface area contributed by atoms with Crippen molar-refractivity contribution in [2.75, 3.05) is 0 Å². The Morgan fingerprint density at radius 3 is 1.62 bits per heavy atom. The summed E-state index contributed by atoms with van der Waals surface area (Å²) in [5.74, 6) is 0. The van der Waals surface area contributed by atoms with Gasteiger partial charge in [0.15, 0.2) is 0 Å². The minimum atomic E-state index is -0.356. The molecule has 0 saturated carbocycles. The Bertz CT molecular complexity index is 1520. The smallest absolute Gasteiger partial charge is 0.399 e. The van der Waals surface area contributed by atoms with Gasteiger partial charge in [-0.25, -0.2) is 0 Å². The van der Waals surface area contributed by atoms with Gasteiger partial charge in [-0.3, -0.25) is 0 Å². The third-order valence-electron chi connectivity index (χ3n) is 12.7. The van der Waals surface area contributed by atoms with Crippen LogP contribution in [0.2, 0.25) is 0 Å². The molecule has 1 aliphatic heterocycles. The van der Waals surface area contributed by atoms with Crippen LogP contribution in [0.1, 0.15) is 194 Å². The summed E-state index contributed by atoms with van der Waals surface area (Å²) in [6.07, 6.45) is 27.5. The molecule has 0 bridgehead atoms. The van der Waals surface area contributed by atoms with E-state index in [0.717, 1.165) is 0 Å². The second-order valence-electron chi connectivity index (χ2n) is 17.2. The topological polar surface area (TPSA) is 18.5 Å². The van der Waals surface area contributed by atoms with Crippen LogP contribution < -0.4 is 5.46 Å². The van der Waals surface area contributed by atoms with Crippen molar-refractivity contribution in [1.82, 2.24) is 0 Å². The number of benzene rings is 2. The van der Waals surface area contributed by atoms with E-state index in [4.69, 9.17) is 9.31 Å². The maximum atomic E-state index is 6.65. The van der Waals surface area contributed by atoms with Crippen molar-refractivity contribution in [2.24, 2.45) is 0 Å². The van der Waals surface area contributed by atoms with Crippen LogP contribution in [0.25, 0.3) is 21.6 Å². The number of halogens is 1. The molecule has 286 valence electrons. The standard InChI is InChI=1S/C47H70BBrO2S/c1-8-11-14-17-20-23-26-36-34-43(49)52-44(36)37-27-29-39-40-30-28-38(48-50-45(4,5)46(6,7)51-48)35-42(40)47(41(39)33-37,31-24-21-18-15-12-9-2)32-25-22-19-16-13-10-3/h27-30,33-35H,8-26,31-32H2,1-7H3. The number of fused-ring (bicyclic) bond motifs is 3. The fraction of sp³-hybridized carbons (Fsp3) is 0.660. The third-order valence-corrected chi connectivity index (χ3v) is 14.4. The fourth-order valence-electron chi connectivity index (χ4n) is 8.78. The molecule has 0 radical (unpaired) electrons. The highest BCUT2D eigenvalue weighted by molar-refractivity contribution is 9.11. The molecule has 2 aromatic carbocycles. The van der Waals surface area contributed by atoms with Crippen LogP contribution in [0.5, 0.6) is 0 Å². The zero-order valence-electron chi connectivity index (χ0n) is 34.1. The molecule has 2 nitrogen and oxygen atoms in total. The van der Waals surface area contributed by atoms with Crippen molar-refractivity contribution in [2.45, 2.75) is 200 Å². The van der Waals surface area contributed by atoms with Gasteiger partial charge < -0.3 is 9.31 Å². The van der Waals surface area contributed by atoms with Gasteiger partial charge in [-0.2, -0.15) is 0 Å². The largest absolute Gasteiger partial charge is 0.494 e. The van der Waals surface area contributed by atoms with Gasteiger partial charge in [0.25, 0.3) is 0 Å². The molecule has 2 aliphatic rings. The molecular weight excluding hydrogens is 719 g/mol. The molecule has 1 aromatic heterocycles. The fourth-order valence-corrected chi connectivity index (χ4v) is 10.5. The lowest BCUT2D eigenvalue weighted by Crippen LogP contribution is -2.41. The normalized spacial score (nSPS) is 16.8. The lowest BCUT2D eigenvalue weighted by molar-refractivity contribution is 0.00578. The van der Waals surface area contributed by atoms with Gasteiger partial charge in [0.05, 0.1) is 15.0 Å². The van der Waals surface area contributed by atoms with Crippen LogP contribution in [-0.4, -0.2) is 18.3 Å². The Labute approximate surface area is 331 Å². The minimum absolute atomic E-state index is 0.00374. The summed E-state index contributed by atoms with van der Waals surface area (Å²) in [6.45, 7) is 15.6. The molecule has 0 N–H and O–H groups in total. The summed E-state index contributed by atoms with van der Waals surface area (Å²) < 4.78 is 14.6. The van der Waals surface area contributed by atoms with Gasteiger partial charge >= 0.3 is 7.12 Å². The first kappa shape index (κ1) is 41.8. The molecule has 52 heavy (non-hydrogen) atoms. The molecule has 5 heteroatoms. The van der Waals surface area contributed by atoms with E-state index in [-0.39, 0.29) is 23.7 Å². The van der Waals surface area contributed by atoms with Gasteiger partial charge in [-0.15, -0.1) is 11.3 Å². The predicted molar refractivity (Wildman–Crippen MR) is 232 cm³/mol. The number of hydrogen-bond acceptors (Lipinski definition) is 3. The van der Waals surface area contributed by atoms with E-state index < -0.39 is 0 Å². The zero-order valence-corrected chi connectivity index (χ0v) is 36.5. The summed E-state index contributed by atoms with van der Waals surface area (Å²) in [4.78, 5) is 1.46. The first-order valence-electron chi connectivity index (χ1n) is 21.5. The molecule has 1 fully saturated rings. The Balaban J connectivity index is 1.53. The van der Waals surface area contributed by atoms with Crippen LogP contribution >= 0.6 is 27.3 Å². The third kappa shape index (κ3) is 9.88. The lowest BCUT2D eigenvalue weighted by Gasteiger charge is -2.33. The van der Waals surface area contributed by atoms with E-state index in [1.807, 2.05) is 11.3 Å². The quantitative estimate of drug-likeness (QED) is 0.0704. The molecule has 5 rings (SSSR count). The SMILES string of the molecule is CCCCCCCCc1cc(Br)sc1-c1ccc2c(c1)C(CCCCCCCC)(CCCCCCCC)c1cc(B3OC(C)(C)C(C)(C)O3)ccc1-2. The van der Waals surface area contributed by atoms with Crippen LogP contribution in [-0.2, 0) is 21.1 Å². The summed E-state index contributed by atoms with van der Waals surface area (Å²) in [7, 11) is -0.344. The van der Waals surface area contributed by atoms with Crippen LogP contribution in [0.15, 0.2) is 46.3 Å². The molecule has 0 unspecified atom stereocenters. The summed E-state index contributed by atoms with van der Waals surface area (Å²) >= 11 is 5.83. The van der Waals surface area contributed by atoms with Crippen molar-refractivity contribution in [1.29, 1.82) is 0 Å². The van der Waals surface area contributed by atoms with Gasteiger partial charge in [0.1, 0.15) is 0 Å². The highest BCUT2D eigenvalue weighted by atomic mass is 79.9. The number of hydrogen-bond donors (Lipinski definition) is 0. The van der Waals surface area contributed by atoms with E-state index in [2.05, 4.69) is 107 Å². The van der Waals surface area contributed by atoms with Gasteiger partial charge in [-0.1, -0.05) is 160 Å². The average Bonchev–Trinajstić information content (AvgIpc) is 3.70. The number of aryl methyl sites for hydroxylation is 1. The Morgan fingerprint density at radius 2 is 1.06 bits per heavy atom. The molecule has 2 heterocycles. The molecular formula is C47H70BBrO2S. The summed E-state index contributed by atoms with van der Waals surface area (Å²) in [5.41, 5.74) is 9.36. The predicted octanol–water partition coefficient (Wildman–Crippen LogP) is 15.1. The number of thiophene rings is 1. The van der Waals surface area contributed by atoms with E-state index in [9.17, 15) is 0 Å². The van der Waals surface area contributed by atoms with Crippen molar-refractivity contribution in [3.63, 3.8) is 0 Å². The van der Waals surface area contributed by atoms with E-state index in [1.165, 1.54) is 177 Å².